The molecule has 0 bridgehead atoms. The molecule has 0 unspecified atom stereocenters. The lowest BCUT2D eigenvalue weighted by Crippen LogP contribution is -2.29. The van der Waals surface area contributed by atoms with E-state index >= 15 is 0 Å². The molecule has 0 spiro atoms. The highest BCUT2D eigenvalue weighted by Gasteiger charge is 2.17. The van der Waals surface area contributed by atoms with Crippen LogP contribution in [0.15, 0.2) is 24.3 Å². The first kappa shape index (κ1) is 17.4. The van der Waals surface area contributed by atoms with E-state index in [9.17, 15) is 4.79 Å². The van der Waals surface area contributed by atoms with Crippen molar-refractivity contribution in [2.45, 2.75) is 33.8 Å². The van der Waals surface area contributed by atoms with Gasteiger partial charge in [0.2, 0.25) is 0 Å². The molecule has 124 valence electrons. The van der Waals surface area contributed by atoms with E-state index in [4.69, 9.17) is 9.47 Å². The topological polar surface area (TPSA) is 60.5 Å². The van der Waals surface area contributed by atoms with Gasteiger partial charge in [0, 0.05) is 17.7 Å². The fourth-order valence-corrected chi connectivity index (χ4v) is 2.32. The maximum atomic E-state index is 12.4. The summed E-state index contributed by atoms with van der Waals surface area (Å²) in [5.41, 5.74) is 3.55. The summed E-state index contributed by atoms with van der Waals surface area (Å²) in [6.07, 6.45) is -0.540. The van der Waals surface area contributed by atoms with Gasteiger partial charge in [-0.3, -0.25) is 9.78 Å². The van der Waals surface area contributed by atoms with Gasteiger partial charge in [0.25, 0.3) is 5.91 Å². The molecule has 1 aromatic heterocycles. The maximum absolute atomic E-state index is 12.4. The predicted molar refractivity (Wildman–Crippen MR) is 91.8 cm³/mol. The molecule has 2 rings (SSSR count). The molecule has 0 aliphatic carbocycles. The summed E-state index contributed by atoms with van der Waals surface area (Å²) in [6, 6.07) is 7.79. The lowest BCUT2D eigenvalue weighted by Gasteiger charge is -2.17. The van der Waals surface area contributed by atoms with E-state index in [1.165, 1.54) is 0 Å². The van der Waals surface area contributed by atoms with Crippen molar-refractivity contribution in [1.82, 2.24) is 4.98 Å². The van der Waals surface area contributed by atoms with Gasteiger partial charge in [-0.1, -0.05) is 18.2 Å². The van der Waals surface area contributed by atoms with Crippen LogP contribution in [0.2, 0.25) is 0 Å². The Balaban J connectivity index is 2.14. The van der Waals surface area contributed by atoms with Crippen LogP contribution in [0.5, 0.6) is 0 Å². The number of hydrogen-bond acceptors (Lipinski definition) is 4. The zero-order valence-corrected chi connectivity index (χ0v) is 14.2. The summed E-state index contributed by atoms with van der Waals surface area (Å²) in [6.45, 7) is 9.11. The van der Waals surface area contributed by atoms with Crippen LogP contribution in [0.3, 0.4) is 0 Å². The van der Waals surface area contributed by atoms with Crippen molar-refractivity contribution in [2.75, 3.05) is 25.1 Å². The average Bonchev–Trinajstić information content (AvgIpc) is 2.55. The molecule has 1 heterocycles. The Morgan fingerprint density at radius 3 is 2.74 bits per heavy atom. The van der Waals surface area contributed by atoms with Gasteiger partial charge >= 0.3 is 0 Å². The Bertz CT molecular complexity index is 685. The maximum Gasteiger partial charge on any atom is 0.253 e. The highest BCUT2D eigenvalue weighted by Crippen LogP contribution is 2.27. The Morgan fingerprint density at radius 1 is 1.26 bits per heavy atom. The fraction of sp³-hybridized carbons (Fsp3) is 0.444. The molecule has 1 atom stereocenters. The molecule has 0 fully saturated rings. The van der Waals surface area contributed by atoms with E-state index in [0.29, 0.717) is 19.8 Å². The van der Waals surface area contributed by atoms with E-state index in [2.05, 4.69) is 10.3 Å². The zero-order chi connectivity index (χ0) is 16.8. The van der Waals surface area contributed by atoms with Crippen LogP contribution >= 0.6 is 0 Å². The monoisotopic (exact) mass is 316 g/mol. The number of hydrogen-bond donors (Lipinski definition) is 1. The number of nitrogens with one attached hydrogen (secondary N) is 1. The molecule has 5 nitrogen and oxygen atoms in total. The molecule has 23 heavy (non-hydrogen) atoms. The number of aromatic nitrogens is 1. The quantitative estimate of drug-likeness (QED) is 0.797. The first-order valence-electron chi connectivity index (χ1n) is 7.90. The second kappa shape index (κ2) is 8.04. The normalized spacial score (nSPS) is 12.3. The number of para-hydroxylation sites is 1. The van der Waals surface area contributed by atoms with Crippen molar-refractivity contribution in [3.8, 4) is 0 Å². The van der Waals surface area contributed by atoms with Crippen LogP contribution in [0, 0.1) is 13.8 Å². The van der Waals surface area contributed by atoms with E-state index in [0.717, 1.165) is 27.8 Å². The summed E-state index contributed by atoms with van der Waals surface area (Å²) in [5, 5.41) is 3.93. The third-order valence-electron chi connectivity index (χ3n) is 3.80. The second-order valence-electron chi connectivity index (χ2n) is 5.41. The molecule has 0 saturated heterocycles. The molecular weight excluding hydrogens is 292 g/mol. The molecular formula is C18H24N2O3. The zero-order valence-electron chi connectivity index (χ0n) is 14.2. The van der Waals surface area contributed by atoms with Crippen molar-refractivity contribution in [3.63, 3.8) is 0 Å². The SMILES string of the molecule is CCOCCO[C@H](C)C(=O)Nc1c(C)c(C)nc2ccccc12. The van der Waals surface area contributed by atoms with E-state index in [-0.39, 0.29) is 5.91 Å². The van der Waals surface area contributed by atoms with Gasteiger partial charge in [-0.2, -0.15) is 0 Å². The van der Waals surface area contributed by atoms with E-state index in [1.807, 2.05) is 45.0 Å². The molecule has 0 radical (unpaired) electrons. The van der Waals surface area contributed by atoms with Crippen LogP contribution in [-0.4, -0.2) is 36.8 Å². The number of benzene rings is 1. The summed E-state index contributed by atoms with van der Waals surface area (Å²) in [5.74, 6) is -0.166. The largest absolute Gasteiger partial charge is 0.379 e. The van der Waals surface area contributed by atoms with Crippen LogP contribution in [0.25, 0.3) is 10.9 Å². The molecule has 1 N–H and O–H groups in total. The Labute approximate surface area is 137 Å². The van der Waals surface area contributed by atoms with Crippen molar-refractivity contribution in [1.29, 1.82) is 0 Å². The van der Waals surface area contributed by atoms with Gasteiger partial charge < -0.3 is 14.8 Å². The smallest absolute Gasteiger partial charge is 0.253 e. The fourth-order valence-electron chi connectivity index (χ4n) is 2.32. The van der Waals surface area contributed by atoms with E-state index in [1.54, 1.807) is 6.92 Å². The minimum Gasteiger partial charge on any atom is -0.379 e. The Kier molecular flexibility index (Phi) is 6.07. The number of fused-ring (bicyclic) bond motifs is 1. The Morgan fingerprint density at radius 2 is 2.00 bits per heavy atom. The van der Waals surface area contributed by atoms with Gasteiger partial charge in [-0.25, -0.2) is 0 Å². The van der Waals surface area contributed by atoms with Gasteiger partial charge in [-0.15, -0.1) is 0 Å². The minimum absolute atomic E-state index is 0.166. The van der Waals surface area contributed by atoms with Crippen molar-refractivity contribution in [3.05, 3.63) is 35.5 Å². The second-order valence-corrected chi connectivity index (χ2v) is 5.41. The number of carbonyl (C=O) groups is 1. The van der Waals surface area contributed by atoms with Crippen LogP contribution in [0.1, 0.15) is 25.1 Å². The highest BCUT2D eigenvalue weighted by molar-refractivity contribution is 6.03. The number of pyridine rings is 1. The van der Waals surface area contributed by atoms with Crippen molar-refractivity contribution < 1.29 is 14.3 Å². The molecule has 1 amide bonds. The van der Waals surface area contributed by atoms with Crippen LogP contribution < -0.4 is 5.32 Å². The minimum atomic E-state index is -0.540. The molecule has 0 saturated carbocycles. The van der Waals surface area contributed by atoms with Crippen LogP contribution in [0.4, 0.5) is 5.69 Å². The van der Waals surface area contributed by atoms with Gasteiger partial charge in [0.05, 0.1) is 24.4 Å². The number of nitrogens with zero attached hydrogens (tertiary/aromatic N) is 1. The molecule has 2 aromatic rings. The summed E-state index contributed by atoms with van der Waals surface area (Å²) < 4.78 is 10.7. The van der Waals surface area contributed by atoms with E-state index < -0.39 is 6.10 Å². The molecule has 5 heteroatoms. The summed E-state index contributed by atoms with van der Waals surface area (Å²) >= 11 is 0. The number of rotatable bonds is 7. The molecule has 0 aliphatic rings. The number of anilines is 1. The van der Waals surface area contributed by atoms with Gasteiger partial charge in [0.15, 0.2) is 0 Å². The highest BCUT2D eigenvalue weighted by atomic mass is 16.5. The first-order valence-corrected chi connectivity index (χ1v) is 7.90. The number of amides is 1. The number of carbonyl (C=O) groups excluding carboxylic acids is 1. The summed E-state index contributed by atoms with van der Waals surface area (Å²) in [7, 11) is 0. The number of ether oxygens (including phenoxy) is 2. The predicted octanol–water partition coefficient (Wildman–Crippen LogP) is 3.23. The molecule has 0 aliphatic heterocycles. The lowest BCUT2D eigenvalue weighted by molar-refractivity contribution is -0.127. The first-order chi connectivity index (χ1) is 11.0. The summed E-state index contributed by atoms with van der Waals surface area (Å²) in [4.78, 5) is 16.9. The lowest BCUT2D eigenvalue weighted by atomic mass is 10.1. The van der Waals surface area contributed by atoms with Crippen molar-refractivity contribution in [2.24, 2.45) is 0 Å². The Hall–Kier alpha value is -1.98. The average molecular weight is 316 g/mol. The molecule has 1 aromatic carbocycles. The number of aryl methyl sites for hydroxylation is 1. The van der Waals surface area contributed by atoms with Gasteiger partial charge in [-0.05, 0) is 39.3 Å². The third-order valence-corrected chi connectivity index (χ3v) is 3.80. The van der Waals surface area contributed by atoms with Crippen molar-refractivity contribution >= 4 is 22.5 Å². The third kappa shape index (κ3) is 4.27. The van der Waals surface area contributed by atoms with Crippen LogP contribution in [-0.2, 0) is 14.3 Å². The standard InChI is InChI=1S/C18H24N2O3/c1-5-22-10-11-23-14(4)18(21)20-17-12(2)13(3)19-16-9-7-6-8-15(16)17/h6-9,14H,5,10-11H2,1-4H3,(H,19,20,21)/t14-/m1/s1. The van der Waals surface area contributed by atoms with Gasteiger partial charge in [0.1, 0.15) is 6.10 Å².